The van der Waals surface area contributed by atoms with Crippen LogP contribution in [0.15, 0.2) is 48.5 Å². The number of carbonyl (C=O) groups is 1. The highest BCUT2D eigenvalue weighted by Gasteiger charge is 2.24. The second-order valence-corrected chi connectivity index (χ2v) is 7.83. The summed E-state index contributed by atoms with van der Waals surface area (Å²) in [6, 6.07) is 14.5. The van der Waals surface area contributed by atoms with Crippen molar-refractivity contribution in [3.63, 3.8) is 0 Å². The Bertz CT molecular complexity index is 1140. The molecule has 0 radical (unpaired) electrons. The molecular weight excluding hydrogens is 408 g/mol. The first kappa shape index (κ1) is 21.7. The summed E-state index contributed by atoms with van der Waals surface area (Å²) in [5, 5.41) is 11.8. The second kappa shape index (κ2) is 9.32. The Morgan fingerprint density at radius 3 is 2.44 bits per heavy atom. The molecule has 0 bridgehead atoms. The number of rotatable bonds is 6. The van der Waals surface area contributed by atoms with Gasteiger partial charge < -0.3 is 9.64 Å². The molecule has 0 spiro atoms. The summed E-state index contributed by atoms with van der Waals surface area (Å²) in [4.78, 5) is 32.5. The van der Waals surface area contributed by atoms with Gasteiger partial charge in [-0.2, -0.15) is 0 Å². The van der Waals surface area contributed by atoms with Crippen molar-refractivity contribution in [1.82, 2.24) is 9.88 Å². The predicted octanol–water partition coefficient (Wildman–Crippen LogP) is 3.95. The summed E-state index contributed by atoms with van der Waals surface area (Å²) in [5.74, 6) is -0.331. The summed E-state index contributed by atoms with van der Waals surface area (Å²) in [5.41, 5.74) is 4.14. The Balaban J connectivity index is 1.52. The molecule has 1 aliphatic heterocycles. The number of non-ortho nitro benzene ring substituents is 1. The van der Waals surface area contributed by atoms with Gasteiger partial charge in [0.25, 0.3) is 5.69 Å². The number of nitro benzene ring substituents is 1. The number of hydrogen-bond acceptors (Lipinski definition) is 7. The van der Waals surface area contributed by atoms with Crippen LogP contribution in [-0.4, -0.2) is 53.6 Å². The van der Waals surface area contributed by atoms with Crippen LogP contribution in [0.2, 0.25) is 0 Å². The van der Waals surface area contributed by atoms with Crippen LogP contribution in [0.5, 0.6) is 0 Å². The molecule has 2 aromatic carbocycles. The quantitative estimate of drug-likeness (QED) is 0.330. The van der Waals surface area contributed by atoms with E-state index in [1.54, 1.807) is 19.1 Å². The molecule has 1 aliphatic rings. The number of anilines is 1. The molecule has 0 atom stereocenters. The molecule has 3 aromatic rings. The minimum absolute atomic E-state index is 0.0941. The smallest absolute Gasteiger partial charge is 0.340 e. The second-order valence-electron chi connectivity index (χ2n) is 7.83. The molecule has 0 N–H and O–H groups in total. The van der Waals surface area contributed by atoms with Crippen LogP contribution in [0.1, 0.15) is 28.5 Å². The summed E-state index contributed by atoms with van der Waals surface area (Å²) >= 11 is 0. The maximum absolute atomic E-state index is 12.7. The van der Waals surface area contributed by atoms with E-state index in [4.69, 9.17) is 9.72 Å². The zero-order valence-corrected chi connectivity index (χ0v) is 18.3. The van der Waals surface area contributed by atoms with E-state index in [-0.39, 0.29) is 16.6 Å². The molecule has 0 aliphatic carbocycles. The number of aromatic nitrogens is 1. The maximum Gasteiger partial charge on any atom is 0.340 e. The monoisotopic (exact) mass is 434 g/mol. The molecule has 4 rings (SSSR count). The van der Waals surface area contributed by atoms with Gasteiger partial charge >= 0.3 is 5.97 Å². The highest BCUT2D eigenvalue weighted by Crippen LogP contribution is 2.26. The Labute approximate surface area is 186 Å². The van der Waals surface area contributed by atoms with Gasteiger partial charge in [0.1, 0.15) is 0 Å². The lowest BCUT2D eigenvalue weighted by Crippen LogP contribution is -2.46. The predicted molar refractivity (Wildman–Crippen MR) is 123 cm³/mol. The van der Waals surface area contributed by atoms with Gasteiger partial charge in [-0.05, 0) is 37.6 Å². The van der Waals surface area contributed by atoms with E-state index in [9.17, 15) is 14.9 Å². The number of para-hydroxylation sites is 1. The fourth-order valence-electron chi connectivity index (χ4n) is 4.19. The summed E-state index contributed by atoms with van der Waals surface area (Å²) < 4.78 is 5.34. The average molecular weight is 434 g/mol. The van der Waals surface area contributed by atoms with Crippen LogP contribution < -0.4 is 4.90 Å². The van der Waals surface area contributed by atoms with Crippen molar-refractivity contribution in [3.05, 3.63) is 75.5 Å². The standard InChI is InChI=1S/C24H26N4O4/c1-3-32-24(29)23-17(2)20-6-4-5-7-21(20)25-22(23)16-26-12-14-27(15-13-26)18-8-10-19(11-9-18)28(30)31/h4-11H,3,12-16H2,1-2H3. The molecule has 0 unspecified atom stereocenters. The normalized spacial score (nSPS) is 14.5. The van der Waals surface area contributed by atoms with Crippen molar-refractivity contribution in [2.24, 2.45) is 0 Å². The van der Waals surface area contributed by atoms with E-state index in [1.165, 1.54) is 12.1 Å². The van der Waals surface area contributed by atoms with Gasteiger partial charge in [0, 0.05) is 55.9 Å². The number of esters is 1. The highest BCUT2D eigenvalue weighted by atomic mass is 16.6. The minimum atomic E-state index is -0.387. The Morgan fingerprint density at radius 2 is 1.78 bits per heavy atom. The first-order chi connectivity index (χ1) is 15.5. The number of carbonyl (C=O) groups excluding carboxylic acids is 1. The van der Waals surface area contributed by atoms with Gasteiger partial charge in [0.15, 0.2) is 0 Å². The molecule has 166 valence electrons. The van der Waals surface area contributed by atoms with E-state index >= 15 is 0 Å². The number of nitro groups is 1. The van der Waals surface area contributed by atoms with Crippen LogP contribution >= 0.6 is 0 Å². The van der Waals surface area contributed by atoms with Gasteiger partial charge in [0.2, 0.25) is 0 Å². The van der Waals surface area contributed by atoms with E-state index in [2.05, 4.69) is 9.80 Å². The number of nitrogens with zero attached hydrogens (tertiary/aromatic N) is 4. The third kappa shape index (κ3) is 4.40. The lowest BCUT2D eigenvalue weighted by molar-refractivity contribution is -0.384. The number of aryl methyl sites for hydroxylation is 1. The van der Waals surface area contributed by atoms with Crippen molar-refractivity contribution in [1.29, 1.82) is 0 Å². The van der Waals surface area contributed by atoms with Crippen molar-refractivity contribution in [2.75, 3.05) is 37.7 Å². The van der Waals surface area contributed by atoms with Crippen LogP contribution in [0.4, 0.5) is 11.4 Å². The van der Waals surface area contributed by atoms with Crippen molar-refractivity contribution < 1.29 is 14.5 Å². The van der Waals surface area contributed by atoms with Crippen molar-refractivity contribution in [2.45, 2.75) is 20.4 Å². The third-order valence-corrected chi connectivity index (χ3v) is 5.88. The Kier molecular flexibility index (Phi) is 6.32. The zero-order valence-electron chi connectivity index (χ0n) is 18.3. The Hall–Kier alpha value is -3.52. The van der Waals surface area contributed by atoms with Gasteiger partial charge in [-0.15, -0.1) is 0 Å². The zero-order chi connectivity index (χ0) is 22.7. The number of fused-ring (bicyclic) bond motifs is 1. The number of pyridine rings is 1. The topological polar surface area (TPSA) is 88.8 Å². The molecular formula is C24H26N4O4. The maximum atomic E-state index is 12.7. The van der Waals surface area contributed by atoms with Crippen LogP contribution in [0.25, 0.3) is 10.9 Å². The third-order valence-electron chi connectivity index (χ3n) is 5.88. The first-order valence-corrected chi connectivity index (χ1v) is 10.7. The van der Waals surface area contributed by atoms with Gasteiger partial charge in [-0.25, -0.2) is 4.79 Å². The molecule has 0 saturated carbocycles. The van der Waals surface area contributed by atoms with Gasteiger partial charge in [0.05, 0.1) is 28.3 Å². The van der Waals surface area contributed by atoms with Crippen molar-refractivity contribution in [3.8, 4) is 0 Å². The average Bonchev–Trinajstić information content (AvgIpc) is 2.80. The summed E-state index contributed by atoms with van der Waals surface area (Å²) in [6.45, 7) is 7.81. The van der Waals surface area contributed by atoms with E-state index in [1.807, 2.05) is 31.2 Å². The van der Waals surface area contributed by atoms with Gasteiger partial charge in [-0.3, -0.25) is 20.0 Å². The first-order valence-electron chi connectivity index (χ1n) is 10.7. The highest BCUT2D eigenvalue weighted by molar-refractivity contribution is 5.98. The number of benzene rings is 2. The van der Waals surface area contributed by atoms with E-state index < -0.39 is 0 Å². The number of ether oxygens (including phenoxy) is 1. The fourth-order valence-corrected chi connectivity index (χ4v) is 4.19. The van der Waals surface area contributed by atoms with Gasteiger partial charge in [-0.1, -0.05) is 18.2 Å². The minimum Gasteiger partial charge on any atom is -0.462 e. The SMILES string of the molecule is CCOC(=O)c1c(CN2CCN(c3ccc([N+](=O)[O-])cc3)CC2)nc2ccccc2c1C. The molecule has 1 aromatic heterocycles. The lowest BCUT2D eigenvalue weighted by Gasteiger charge is -2.36. The molecule has 8 nitrogen and oxygen atoms in total. The molecule has 0 amide bonds. The van der Waals surface area contributed by atoms with Crippen LogP contribution in [-0.2, 0) is 11.3 Å². The lowest BCUT2D eigenvalue weighted by atomic mass is 10.0. The molecule has 32 heavy (non-hydrogen) atoms. The fraction of sp³-hybridized carbons (Fsp3) is 0.333. The summed E-state index contributed by atoms with van der Waals surface area (Å²) in [7, 11) is 0. The molecule has 1 fully saturated rings. The van der Waals surface area contributed by atoms with Crippen LogP contribution in [0, 0.1) is 17.0 Å². The van der Waals surface area contributed by atoms with Crippen LogP contribution in [0.3, 0.4) is 0 Å². The Morgan fingerprint density at radius 1 is 1.09 bits per heavy atom. The molecule has 2 heterocycles. The largest absolute Gasteiger partial charge is 0.462 e. The molecule has 8 heteroatoms. The van der Waals surface area contributed by atoms with E-state index in [0.29, 0.717) is 18.7 Å². The van der Waals surface area contributed by atoms with E-state index in [0.717, 1.165) is 54.0 Å². The number of piperazine rings is 1. The molecule has 1 saturated heterocycles. The van der Waals surface area contributed by atoms with Crippen molar-refractivity contribution >= 4 is 28.2 Å². The summed E-state index contributed by atoms with van der Waals surface area (Å²) in [6.07, 6.45) is 0. The number of hydrogen-bond donors (Lipinski definition) is 0.